The first kappa shape index (κ1) is 18.0. The monoisotopic (exact) mass is 365 g/mol. The highest BCUT2D eigenvalue weighted by Gasteiger charge is 2.39. The number of hydrogen-bond donors (Lipinski definition) is 1. The molecule has 1 aliphatic heterocycles. The number of carbonyl (C=O) groups excluding carboxylic acids is 2. The van der Waals surface area contributed by atoms with Crippen molar-refractivity contribution >= 4 is 29.2 Å². The van der Waals surface area contributed by atoms with Gasteiger partial charge in [0.2, 0.25) is 5.91 Å². The number of carbonyl (C=O) groups is 2. The smallest absolute Gasteiger partial charge is 0.350 e. The minimum absolute atomic E-state index is 0.0843. The van der Waals surface area contributed by atoms with Gasteiger partial charge in [-0.15, -0.1) is 0 Å². The Morgan fingerprint density at radius 1 is 1.20 bits per heavy atom. The average Bonchev–Trinajstić information content (AvgIpc) is 2.76. The number of hydrogen-bond acceptors (Lipinski definition) is 3. The Morgan fingerprint density at radius 3 is 2.48 bits per heavy atom. The Morgan fingerprint density at radius 2 is 1.84 bits per heavy atom. The van der Waals surface area contributed by atoms with E-state index in [1.54, 1.807) is 31.3 Å². The van der Waals surface area contributed by atoms with E-state index in [0.29, 0.717) is 10.7 Å². The van der Waals surface area contributed by atoms with Crippen LogP contribution in [0.2, 0.25) is 5.02 Å². The van der Waals surface area contributed by atoms with Gasteiger partial charge >= 0.3 is 6.03 Å². The molecule has 1 saturated carbocycles. The van der Waals surface area contributed by atoms with Crippen molar-refractivity contribution in [2.45, 2.75) is 57.2 Å². The van der Waals surface area contributed by atoms with Crippen LogP contribution in [-0.2, 0) is 9.63 Å². The maximum absolute atomic E-state index is 12.5. The first-order valence-electron chi connectivity index (χ1n) is 8.83. The molecule has 0 radical (unpaired) electrons. The summed E-state index contributed by atoms with van der Waals surface area (Å²) in [6, 6.07) is 6.86. The summed E-state index contributed by atoms with van der Waals surface area (Å²) in [5.41, 5.74) is 0.658. The molecule has 1 saturated heterocycles. The molecule has 1 aromatic carbocycles. The van der Waals surface area contributed by atoms with E-state index in [4.69, 9.17) is 16.4 Å². The molecular weight excluding hydrogens is 342 g/mol. The van der Waals surface area contributed by atoms with Crippen molar-refractivity contribution in [3.05, 3.63) is 29.3 Å². The fourth-order valence-corrected chi connectivity index (χ4v) is 3.55. The van der Waals surface area contributed by atoms with Crippen molar-refractivity contribution in [2.75, 3.05) is 11.9 Å². The first-order valence-corrected chi connectivity index (χ1v) is 9.21. The minimum atomic E-state index is -0.649. The molecule has 0 spiro atoms. The van der Waals surface area contributed by atoms with Gasteiger partial charge in [-0.25, -0.2) is 14.7 Å². The van der Waals surface area contributed by atoms with Crippen LogP contribution in [0, 0.1) is 0 Å². The summed E-state index contributed by atoms with van der Waals surface area (Å²) < 4.78 is 0. The lowest BCUT2D eigenvalue weighted by molar-refractivity contribution is -0.134. The van der Waals surface area contributed by atoms with Gasteiger partial charge in [0.15, 0.2) is 6.23 Å². The van der Waals surface area contributed by atoms with Crippen molar-refractivity contribution in [1.29, 1.82) is 0 Å². The summed E-state index contributed by atoms with van der Waals surface area (Å²) in [5.74, 6) is -0.0843. The van der Waals surface area contributed by atoms with Gasteiger partial charge in [-0.3, -0.25) is 9.69 Å². The van der Waals surface area contributed by atoms with E-state index in [1.165, 1.54) is 17.7 Å². The van der Waals surface area contributed by atoms with Crippen molar-refractivity contribution < 1.29 is 14.4 Å². The number of halogens is 1. The number of urea groups is 1. The van der Waals surface area contributed by atoms with E-state index in [-0.39, 0.29) is 24.4 Å². The third-order valence-corrected chi connectivity index (χ3v) is 4.98. The molecule has 2 aliphatic rings. The molecule has 3 amide bonds. The molecule has 3 rings (SSSR count). The first-order chi connectivity index (χ1) is 12.0. The zero-order valence-electron chi connectivity index (χ0n) is 14.4. The van der Waals surface area contributed by atoms with E-state index < -0.39 is 6.23 Å². The van der Waals surface area contributed by atoms with Gasteiger partial charge in [-0.2, -0.15) is 0 Å². The van der Waals surface area contributed by atoms with Crippen LogP contribution < -0.4 is 10.2 Å². The Bertz CT molecular complexity index is 614. The Labute approximate surface area is 153 Å². The molecule has 1 N–H and O–H groups in total. The van der Waals surface area contributed by atoms with Gasteiger partial charge in [-0.05, 0) is 37.1 Å². The molecule has 6 nitrogen and oxygen atoms in total. The summed E-state index contributed by atoms with van der Waals surface area (Å²) >= 11 is 5.92. The van der Waals surface area contributed by atoms with Crippen LogP contribution in [0.1, 0.15) is 44.9 Å². The number of nitrogens with zero attached hydrogens (tertiary/aromatic N) is 2. The molecule has 136 valence electrons. The van der Waals surface area contributed by atoms with Gasteiger partial charge in [0.05, 0.1) is 6.42 Å². The molecule has 0 aromatic heterocycles. The number of benzene rings is 1. The molecule has 1 unspecified atom stereocenters. The molecule has 1 aromatic rings. The molecule has 1 atom stereocenters. The van der Waals surface area contributed by atoms with Crippen LogP contribution in [0.5, 0.6) is 0 Å². The molecule has 1 heterocycles. The highest BCUT2D eigenvalue weighted by atomic mass is 35.5. The topological polar surface area (TPSA) is 61.9 Å². The summed E-state index contributed by atoms with van der Waals surface area (Å²) in [4.78, 5) is 31.9. The molecule has 1 aliphatic carbocycles. The van der Waals surface area contributed by atoms with Gasteiger partial charge in [0.25, 0.3) is 0 Å². The van der Waals surface area contributed by atoms with E-state index in [9.17, 15) is 9.59 Å². The molecule has 25 heavy (non-hydrogen) atoms. The predicted molar refractivity (Wildman–Crippen MR) is 96.2 cm³/mol. The Kier molecular flexibility index (Phi) is 5.81. The molecular formula is C18H24ClN3O3. The predicted octanol–water partition coefficient (Wildman–Crippen LogP) is 3.70. The van der Waals surface area contributed by atoms with Crippen LogP contribution in [0.25, 0.3) is 0 Å². The highest BCUT2D eigenvalue weighted by Crippen LogP contribution is 2.28. The lowest BCUT2D eigenvalue weighted by Crippen LogP contribution is -2.41. The van der Waals surface area contributed by atoms with Gasteiger partial charge < -0.3 is 5.32 Å². The maximum atomic E-state index is 12.5. The second-order valence-electron chi connectivity index (χ2n) is 6.65. The summed E-state index contributed by atoms with van der Waals surface area (Å²) in [6.45, 7) is 0. The highest BCUT2D eigenvalue weighted by molar-refractivity contribution is 6.30. The zero-order chi connectivity index (χ0) is 17.8. The van der Waals surface area contributed by atoms with E-state index in [1.807, 2.05) is 0 Å². The second-order valence-corrected chi connectivity index (χ2v) is 7.08. The third-order valence-electron chi connectivity index (χ3n) is 4.73. The standard InChI is InChI=1S/C18H24ClN3O3/c1-21-18(24)22(15-10-8-13(19)9-11-15)17(25-21)12-16(23)20-14-6-4-2-3-5-7-14/h8-11,14,17H,2-7,12H2,1H3,(H,20,23). The number of anilines is 1. The lowest BCUT2D eigenvalue weighted by Gasteiger charge is -2.22. The van der Waals surface area contributed by atoms with Gasteiger partial charge in [0.1, 0.15) is 0 Å². The summed E-state index contributed by atoms with van der Waals surface area (Å²) in [6.07, 6.45) is 6.29. The van der Waals surface area contributed by atoms with Crippen LogP contribution in [-0.4, -0.2) is 36.3 Å². The number of hydroxylamine groups is 2. The fraction of sp³-hybridized carbons (Fsp3) is 0.556. The quantitative estimate of drug-likeness (QED) is 0.827. The normalized spacial score (nSPS) is 22.2. The van der Waals surface area contributed by atoms with Crippen LogP contribution in [0.4, 0.5) is 10.5 Å². The Hall–Kier alpha value is -1.79. The van der Waals surface area contributed by atoms with Crippen molar-refractivity contribution in [3.63, 3.8) is 0 Å². The zero-order valence-corrected chi connectivity index (χ0v) is 15.2. The van der Waals surface area contributed by atoms with Crippen LogP contribution in [0.3, 0.4) is 0 Å². The minimum Gasteiger partial charge on any atom is -0.353 e. The number of amides is 3. The van der Waals surface area contributed by atoms with E-state index in [0.717, 1.165) is 30.7 Å². The number of nitrogens with one attached hydrogen (secondary N) is 1. The summed E-state index contributed by atoms with van der Waals surface area (Å²) in [7, 11) is 1.55. The number of rotatable bonds is 4. The maximum Gasteiger partial charge on any atom is 0.350 e. The molecule has 2 fully saturated rings. The Balaban J connectivity index is 1.65. The fourth-order valence-electron chi connectivity index (χ4n) is 3.43. The van der Waals surface area contributed by atoms with Gasteiger partial charge in [0, 0.05) is 23.8 Å². The van der Waals surface area contributed by atoms with E-state index in [2.05, 4.69) is 5.32 Å². The van der Waals surface area contributed by atoms with Crippen molar-refractivity contribution in [3.8, 4) is 0 Å². The van der Waals surface area contributed by atoms with Crippen molar-refractivity contribution in [1.82, 2.24) is 10.4 Å². The summed E-state index contributed by atoms with van der Waals surface area (Å²) in [5, 5.41) is 4.86. The van der Waals surface area contributed by atoms with E-state index >= 15 is 0 Å². The van der Waals surface area contributed by atoms with Crippen LogP contribution >= 0.6 is 11.6 Å². The molecule has 0 bridgehead atoms. The third kappa shape index (κ3) is 4.44. The second kappa shape index (κ2) is 8.06. The lowest BCUT2D eigenvalue weighted by atomic mass is 10.1. The van der Waals surface area contributed by atoms with Crippen molar-refractivity contribution in [2.24, 2.45) is 0 Å². The SMILES string of the molecule is CN1OC(CC(=O)NC2CCCCCC2)N(c2ccc(Cl)cc2)C1=O. The van der Waals surface area contributed by atoms with Gasteiger partial charge in [-0.1, -0.05) is 37.3 Å². The average molecular weight is 366 g/mol. The van der Waals surface area contributed by atoms with Crippen LogP contribution in [0.15, 0.2) is 24.3 Å². The largest absolute Gasteiger partial charge is 0.353 e. The molecule has 7 heteroatoms.